The molecule has 1 unspecified atom stereocenters. The normalized spacial score (nSPS) is 23.0. The van der Waals surface area contributed by atoms with Crippen molar-refractivity contribution in [3.05, 3.63) is 28.7 Å². The van der Waals surface area contributed by atoms with E-state index in [9.17, 15) is 4.79 Å². The molecule has 168 valence electrons. The molecule has 3 heterocycles. The molecule has 2 aliphatic carbocycles. The second kappa shape index (κ2) is 8.89. The van der Waals surface area contributed by atoms with Gasteiger partial charge >= 0.3 is 0 Å². The third kappa shape index (κ3) is 4.64. The first-order chi connectivity index (χ1) is 15.1. The Morgan fingerprint density at radius 1 is 1.10 bits per heavy atom. The summed E-state index contributed by atoms with van der Waals surface area (Å²) in [6, 6.07) is 3.05. The minimum Gasteiger partial charge on any atom is -0.353 e. The van der Waals surface area contributed by atoms with Crippen LogP contribution in [-0.2, 0) is 11.2 Å². The van der Waals surface area contributed by atoms with Crippen molar-refractivity contribution in [1.82, 2.24) is 24.8 Å². The number of fused-ring (bicyclic) bond motifs is 1. The van der Waals surface area contributed by atoms with Crippen molar-refractivity contribution in [1.29, 1.82) is 0 Å². The van der Waals surface area contributed by atoms with E-state index in [1.165, 1.54) is 69.3 Å². The van der Waals surface area contributed by atoms with Crippen LogP contribution >= 0.6 is 0 Å². The monoisotopic (exact) mass is 423 g/mol. The lowest BCUT2D eigenvalue weighted by molar-refractivity contribution is -0.121. The molecule has 0 spiro atoms. The van der Waals surface area contributed by atoms with Crippen molar-refractivity contribution in [2.24, 2.45) is 5.92 Å². The smallest absolute Gasteiger partial charge is 0.220 e. The third-order valence-electron chi connectivity index (χ3n) is 7.65. The maximum atomic E-state index is 12.2. The maximum Gasteiger partial charge on any atom is 0.220 e. The first-order valence-corrected chi connectivity index (χ1v) is 12.5. The SMILES string of the molecule is Cc1nc2cc(C3CCCN3CC3CCCCC3)nn2c(C)c1CCC(=O)NC1CC1. The van der Waals surface area contributed by atoms with Gasteiger partial charge in [0, 0.05) is 36.5 Å². The number of nitrogens with one attached hydrogen (secondary N) is 1. The van der Waals surface area contributed by atoms with Gasteiger partial charge in [-0.15, -0.1) is 0 Å². The van der Waals surface area contributed by atoms with E-state index in [1.54, 1.807) is 0 Å². The van der Waals surface area contributed by atoms with Gasteiger partial charge in [0.05, 0.1) is 11.7 Å². The summed E-state index contributed by atoms with van der Waals surface area (Å²) in [6.45, 7) is 6.62. The number of likely N-dealkylation sites (tertiary alicyclic amines) is 1. The number of hydrogen-bond acceptors (Lipinski definition) is 4. The molecule has 2 aromatic heterocycles. The van der Waals surface area contributed by atoms with Crippen LogP contribution in [0.1, 0.15) is 92.9 Å². The van der Waals surface area contributed by atoms with Crippen molar-refractivity contribution in [2.75, 3.05) is 13.1 Å². The number of rotatable bonds is 7. The summed E-state index contributed by atoms with van der Waals surface area (Å²) < 4.78 is 2.02. The van der Waals surface area contributed by atoms with Crippen molar-refractivity contribution >= 4 is 11.6 Å². The lowest BCUT2D eigenvalue weighted by atomic mass is 9.89. The molecule has 1 saturated heterocycles. The third-order valence-corrected chi connectivity index (χ3v) is 7.65. The van der Waals surface area contributed by atoms with Crippen molar-refractivity contribution in [3.63, 3.8) is 0 Å². The highest BCUT2D eigenvalue weighted by Gasteiger charge is 2.31. The molecule has 0 bridgehead atoms. The van der Waals surface area contributed by atoms with Gasteiger partial charge in [-0.3, -0.25) is 9.69 Å². The Labute approximate surface area is 185 Å². The lowest BCUT2D eigenvalue weighted by Crippen LogP contribution is -2.30. The lowest BCUT2D eigenvalue weighted by Gasteiger charge is -2.30. The van der Waals surface area contributed by atoms with Crippen molar-refractivity contribution in [3.8, 4) is 0 Å². The van der Waals surface area contributed by atoms with Crippen LogP contribution in [0.5, 0.6) is 0 Å². The van der Waals surface area contributed by atoms with Gasteiger partial charge < -0.3 is 5.32 Å². The average molecular weight is 424 g/mol. The summed E-state index contributed by atoms with van der Waals surface area (Å²) in [5.41, 5.74) is 5.44. The Hall–Kier alpha value is -1.95. The highest BCUT2D eigenvalue weighted by atomic mass is 16.1. The minimum absolute atomic E-state index is 0.159. The quantitative estimate of drug-likeness (QED) is 0.722. The van der Waals surface area contributed by atoms with Gasteiger partial charge in [0.1, 0.15) is 0 Å². The van der Waals surface area contributed by atoms with Crippen LogP contribution in [0.25, 0.3) is 5.65 Å². The Kier molecular flexibility index (Phi) is 6.00. The van der Waals surface area contributed by atoms with Gasteiger partial charge in [0.2, 0.25) is 5.91 Å². The number of aryl methyl sites for hydroxylation is 2. The Morgan fingerprint density at radius 3 is 2.68 bits per heavy atom. The van der Waals surface area contributed by atoms with E-state index >= 15 is 0 Å². The summed E-state index contributed by atoms with van der Waals surface area (Å²) >= 11 is 0. The second-order valence-corrected chi connectivity index (χ2v) is 10.1. The molecule has 6 heteroatoms. The molecule has 1 amide bonds. The molecular weight excluding hydrogens is 386 g/mol. The minimum atomic E-state index is 0.159. The number of aromatic nitrogens is 3. The van der Waals surface area contributed by atoms with Crippen LogP contribution in [-0.4, -0.2) is 44.5 Å². The fraction of sp³-hybridized carbons (Fsp3) is 0.720. The summed E-state index contributed by atoms with van der Waals surface area (Å²) in [6.07, 6.45) is 13.0. The predicted octanol–water partition coefficient (Wildman–Crippen LogP) is 4.27. The molecular formula is C25H37N5O. The van der Waals surface area contributed by atoms with E-state index in [2.05, 4.69) is 30.1 Å². The van der Waals surface area contributed by atoms with Crippen LogP contribution in [0, 0.1) is 19.8 Å². The highest BCUT2D eigenvalue weighted by Crippen LogP contribution is 2.35. The van der Waals surface area contributed by atoms with E-state index in [0.29, 0.717) is 18.5 Å². The van der Waals surface area contributed by atoms with E-state index in [0.717, 1.165) is 42.2 Å². The molecule has 0 aromatic carbocycles. The molecule has 1 atom stereocenters. The Bertz CT molecular complexity index is 941. The van der Waals surface area contributed by atoms with Gasteiger partial charge in [-0.05, 0) is 76.8 Å². The molecule has 6 nitrogen and oxygen atoms in total. The summed E-state index contributed by atoms with van der Waals surface area (Å²) in [5.74, 6) is 1.02. The Balaban J connectivity index is 1.32. The molecule has 3 aliphatic rings. The van der Waals surface area contributed by atoms with Gasteiger partial charge in [-0.25, -0.2) is 9.50 Å². The first-order valence-electron chi connectivity index (χ1n) is 12.5. The molecule has 0 radical (unpaired) electrons. The van der Waals surface area contributed by atoms with Gasteiger partial charge in [-0.1, -0.05) is 19.3 Å². The van der Waals surface area contributed by atoms with E-state index < -0.39 is 0 Å². The van der Waals surface area contributed by atoms with E-state index in [4.69, 9.17) is 10.1 Å². The number of amides is 1. The fourth-order valence-electron chi connectivity index (χ4n) is 5.72. The summed E-state index contributed by atoms with van der Waals surface area (Å²) in [5, 5.41) is 8.13. The summed E-state index contributed by atoms with van der Waals surface area (Å²) in [7, 11) is 0. The molecule has 5 rings (SSSR count). The topological polar surface area (TPSA) is 62.5 Å². The van der Waals surface area contributed by atoms with E-state index in [-0.39, 0.29) is 5.91 Å². The number of carbonyl (C=O) groups excluding carboxylic acids is 1. The fourth-order valence-corrected chi connectivity index (χ4v) is 5.72. The van der Waals surface area contributed by atoms with Crippen LogP contribution < -0.4 is 5.32 Å². The standard InChI is InChI=1S/C25H37N5O/c1-17-21(12-13-25(31)27-20-10-11-20)18(2)30-24(26-17)15-22(28-30)23-9-6-14-29(23)16-19-7-4-3-5-8-19/h15,19-20,23H,3-14,16H2,1-2H3,(H,27,31). The molecule has 1 aliphatic heterocycles. The predicted molar refractivity (Wildman–Crippen MR) is 122 cm³/mol. The highest BCUT2D eigenvalue weighted by molar-refractivity contribution is 5.76. The van der Waals surface area contributed by atoms with Crippen LogP contribution in [0.15, 0.2) is 6.07 Å². The molecule has 1 N–H and O–H groups in total. The second-order valence-electron chi connectivity index (χ2n) is 10.1. The van der Waals surface area contributed by atoms with Crippen molar-refractivity contribution in [2.45, 2.75) is 96.6 Å². The molecule has 31 heavy (non-hydrogen) atoms. The zero-order chi connectivity index (χ0) is 21.4. The van der Waals surface area contributed by atoms with Gasteiger partial charge in [-0.2, -0.15) is 5.10 Å². The molecule has 2 aromatic rings. The Morgan fingerprint density at radius 2 is 1.90 bits per heavy atom. The molecule has 2 saturated carbocycles. The number of carbonyl (C=O) groups is 1. The number of hydrogen-bond donors (Lipinski definition) is 1. The number of nitrogens with zero attached hydrogens (tertiary/aromatic N) is 4. The molecule has 3 fully saturated rings. The van der Waals surface area contributed by atoms with Crippen molar-refractivity contribution < 1.29 is 4.79 Å². The van der Waals surface area contributed by atoms with Crippen LogP contribution in [0.2, 0.25) is 0 Å². The maximum absolute atomic E-state index is 12.2. The van der Waals surface area contributed by atoms with Gasteiger partial charge in [0.25, 0.3) is 0 Å². The van der Waals surface area contributed by atoms with Gasteiger partial charge in [0.15, 0.2) is 5.65 Å². The zero-order valence-corrected chi connectivity index (χ0v) is 19.2. The van der Waals surface area contributed by atoms with Crippen LogP contribution in [0.3, 0.4) is 0 Å². The van der Waals surface area contributed by atoms with E-state index in [1.807, 2.05) is 4.52 Å². The zero-order valence-electron chi connectivity index (χ0n) is 19.2. The first kappa shape index (κ1) is 20.9. The largest absolute Gasteiger partial charge is 0.353 e. The van der Waals surface area contributed by atoms with Crippen LogP contribution in [0.4, 0.5) is 0 Å². The average Bonchev–Trinajstić information content (AvgIpc) is 3.28. The summed E-state index contributed by atoms with van der Waals surface area (Å²) in [4.78, 5) is 19.7.